The Hall–Kier alpha value is -4.29. The number of amides is 5. The lowest BCUT2D eigenvalue weighted by Crippen LogP contribution is -2.54. The van der Waals surface area contributed by atoms with Crippen molar-refractivity contribution < 1.29 is 29.1 Å². The second-order valence-electron chi connectivity index (χ2n) is 8.73. The van der Waals surface area contributed by atoms with Crippen LogP contribution in [0, 0.1) is 0 Å². The summed E-state index contributed by atoms with van der Waals surface area (Å²) in [6.07, 6.45) is 2.46. The van der Waals surface area contributed by atoms with Crippen LogP contribution in [0.15, 0.2) is 24.4 Å². The van der Waals surface area contributed by atoms with E-state index in [4.69, 9.17) is 0 Å². The van der Waals surface area contributed by atoms with Crippen molar-refractivity contribution >= 4 is 35.4 Å². The minimum Gasteiger partial charge on any atom is -0.465 e. The van der Waals surface area contributed by atoms with E-state index >= 15 is 0 Å². The summed E-state index contributed by atoms with van der Waals surface area (Å²) in [5.74, 6) is -2.26. The van der Waals surface area contributed by atoms with Crippen LogP contribution in [0.3, 0.4) is 0 Å². The Bertz CT molecular complexity index is 1240. The molecule has 35 heavy (non-hydrogen) atoms. The van der Waals surface area contributed by atoms with Crippen molar-refractivity contribution in [3.63, 3.8) is 0 Å². The molecule has 0 radical (unpaired) electrons. The highest BCUT2D eigenvalue weighted by Gasteiger charge is 2.45. The van der Waals surface area contributed by atoms with Gasteiger partial charge in [0, 0.05) is 18.7 Å². The number of rotatable bonds is 6. The number of aromatic nitrogens is 3. The highest BCUT2D eigenvalue weighted by molar-refractivity contribution is 6.25. The minimum atomic E-state index is -1.03. The van der Waals surface area contributed by atoms with Crippen molar-refractivity contribution in [1.29, 1.82) is 0 Å². The molecule has 0 saturated carbocycles. The summed E-state index contributed by atoms with van der Waals surface area (Å²) in [5, 5.41) is 22.8. The zero-order valence-corrected chi connectivity index (χ0v) is 18.6. The van der Waals surface area contributed by atoms with Crippen molar-refractivity contribution in [2.24, 2.45) is 0 Å². The molecule has 3 N–H and O–H groups in total. The number of hydrogen-bond acceptors (Lipinski definition) is 8. The zero-order chi connectivity index (χ0) is 24.7. The van der Waals surface area contributed by atoms with Crippen LogP contribution in [-0.2, 0) is 22.7 Å². The number of benzene rings is 1. The molecule has 0 spiro atoms. The first-order chi connectivity index (χ1) is 16.8. The number of carboxylic acid groups (broad SMARTS) is 1. The second-order valence-corrected chi connectivity index (χ2v) is 8.73. The molecule has 13 nitrogen and oxygen atoms in total. The summed E-state index contributed by atoms with van der Waals surface area (Å²) in [5.41, 5.74) is 1.33. The van der Waals surface area contributed by atoms with E-state index < -0.39 is 35.8 Å². The Morgan fingerprint density at radius 2 is 2.00 bits per heavy atom. The zero-order valence-electron chi connectivity index (χ0n) is 18.6. The summed E-state index contributed by atoms with van der Waals surface area (Å²) in [4.78, 5) is 63.5. The lowest BCUT2D eigenvalue weighted by atomic mass is 10.0. The molecule has 2 saturated heterocycles. The topological polar surface area (TPSA) is 167 Å². The molecule has 2 aromatic rings. The maximum absolute atomic E-state index is 13.2. The predicted octanol–water partition coefficient (Wildman–Crippen LogP) is 0.434. The standard InChI is InChI=1S/C22H23N7O6/c30-17-7-6-16(19(31)24-17)29-20(32)14-4-1-5-15(18(14)21(29)33)23-9-12-10-27(26-25-12)11-13-3-2-8-28(13)22(34)35/h1,4-5,10,13,16,23H,2-3,6-9,11H2,(H,34,35)(H,24,30,31)/t13-,16?/m0/s1. The van der Waals surface area contributed by atoms with Crippen molar-refractivity contribution in [1.82, 2.24) is 30.1 Å². The SMILES string of the molecule is O=C1CCC(N2C(=O)c3cccc(NCc4cn(C[C@@H]5CCCN5C(=O)O)nn4)c3C2=O)C(=O)N1. The number of imide groups is 2. The number of fused-ring (bicyclic) bond motifs is 1. The number of hydrogen-bond donors (Lipinski definition) is 3. The predicted molar refractivity (Wildman–Crippen MR) is 118 cm³/mol. The fourth-order valence-corrected chi connectivity index (χ4v) is 4.85. The third-order valence-corrected chi connectivity index (χ3v) is 6.53. The van der Waals surface area contributed by atoms with E-state index in [2.05, 4.69) is 20.9 Å². The van der Waals surface area contributed by atoms with Gasteiger partial charge in [-0.15, -0.1) is 5.10 Å². The van der Waals surface area contributed by atoms with Gasteiger partial charge in [-0.2, -0.15) is 0 Å². The number of anilines is 1. The molecule has 182 valence electrons. The summed E-state index contributed by atoms with van der Waals surface area (Å²) in [7, 11) is 0. The summed E-state index contributed by atoms with van der Waals surface area (Å²) < 4.78 is 1.59. The normalized spacial score (nSPS) is 21.9. The van der Waals surface area contributed by atoms with Crippen LogP contribution in [0.25, 0.3) is 0 Å². The largest absolute Gasteiger partial charge is 0.465 e. The smallest absolute Gasteiger partial charge is 0.407 e. The van der Waals surface area contributed by atoms with Gasteiger partial charge in [0.2, 0.25) is 11.8 Å². The molecule has 1 unspecified atom stereocenters. The van der Waals surface area contributed by atoms with Gasteiger partial charge in [0.05, 0.1) is 36.5 Å². The molecular weight excluding hydrogens is 458 g/mol. The van der Waals surface area contributed by atoms with E-state index in [1.54, 1.807) is 23.0 Å². The number of carbonyl (C=O) groups is 5. The average Bonchev–Trinajstić information content (AvgIpc) is 3.53. The van der Waals surface area contributed by atoms with Gasteiger partial charge in [0.15, 0.2) is 0 Å². The van der Waals surface area contributed by atoms with Gasteiger partial charge >= 0.3 is 6.09 Å². The maximum Gasteiger partial charge on any atom is 0.407 e. The number of nitrogens with zero attached hydrogens (tertiary/aromatic N) is 5. The van der Waals surface area contributed by atoms with Crippen LogP contribution >= 0.6 is 0 Å². The average molecular weight is 481 g/mol. The van der Waals surface area contributed by atoms with Crippen LogP contribution in [0.1, 0.15) is 52.1 Å². The number of likely N-dealkylation sites (tertiary alicyclic amines) is 1. The van der Waals surface area contributed by atoms with Gasteiger partial charge in [-0.3, -0.25) is 34.1 Å². The molecule has 4 heterocycles. The minimum absolute atomic E-state index is 0.0512. The number of piperidine rings is 1. The molecule has 3 aliphatic heterocycles. The fraction of sp³-hybridized carbons (Fsp3) is 0.409. The summed E-state index contributed by atoms with van der Waals surface area (Å²) in [6.45, 7) is 1.11. The molecular formula is C22H23N7O6. The first kappa shape index (κ1) is 22.5. The Morgan fingerprint density at radius 1 is 1.17 bits per heavy atom. The van der Waals surface area contributed by atoms with Crippen molar-refractivity contribution in [3.8, 4) is 0 Å². The molecule has 2 fully saturated rings. The highest BCUT2D eigenvalue weighted by Crippen LogP contribution is 2.32. The first-order valence-electron chi connectivity index (χ1n) is 11.3. The van der Waals surface area contributed by atoms with Crippen LogP contribution < -0.4 is 10.6 Å². The fourth-order valence-electron chi connectivity index (χ4n) is 4.85. The van der Waals surface area contributed by atoms with Crippen molar-refractivity contribution in [2.75, 3.05) is 11.9 Å². The molecule has 1 aromatic heterocycles. The molecule has 2 atom stereocenters. The second kappa shape index (κ2) is 8.81. The van der Waals surface area contributed by atoms with E-state index in [9.17, 15) is 29.1 Å². The molecule has 0 aliphatic carbocycles. The van der Waals surface area contributed by atoms with E-state index in [1.165, 1.54) is 11.0 Å². The van der Waals surface area contributed by atoms with Crippen LogP contribution in [0.4, 0.5) is 10.5 Å². The van der Waals surface area contributed by atoms with Gasteiger partial charge in [0.25, 0.3) is 11.8 Å². The van der Waals surface area contributed by atoms with Gasteiger partial charge < -0.3 is 15.3 Å². The van der Waals surface area contributed by atoms with E-state index in [-0.39, 0.29) is 36.6 Å². The molecule has 1 aromatic carbocycles. The summed E-state index contributed by atoms with van der Waals surface area (Å²) >= 11 is 0. The van der Waals surface area contributed by atoms with E-state index in [0.29, 0.717) is 24.5 Å². The van der Waals surface area contributed by atoms with Crippen LogP contribution in [0.2, 0.25) is 0 Å². The van der Waals surface area contributed by atoms with Gasteiger partial charge in [-0.25, -0.2) is 4.79 Å². The lowest BCUT2D eigenvalue weighted by Gasteiger charge is -2.27. The van der Waals surface area contributed by atoms with Crippen LogP contribution in [-0.4, -0.2) is 78.3 Å². The first-order valence-corrected chi connectivity index (χ1v) is 11.3. The summed E-state index contributed by atoms with van der Waals surface area (Å²) in [6, 6.07) is 3.63. The maximum atomic E-state index is 13.2. The quantitative estimate of drug-likeness (QED) is 0.496. The van der Waals surface area contributed by atoms with E-state index in [1.807, 2.05) is 0 Å². The molecule has 0 bridgehead atoms. The molecule has 3 aliphatic rings. The number of carbonyl (C=O) groups excluding carboxylic acids is 4. The third-order valence-electron chi connectivity index (χ3n) is 6.53. The molecule has 13 heteroatoms. The monoisotopic (exact) mass is 481 g/mol. The van der Waals surface area contributed by atoms with Gasteiger partial charge in [0.1, 0.15) is 11.7 Å². The van der Waals surface area contributed by atoms with Gasteiger partial charge in [-0.1, -0.05) is 11.3 Å². The lowest BCUT2D eigenvalue weighted by molar-refractivity contribution is -0.136. The molecule has 5 rings (SSSR count). The Kier molecular flexibility index (Phi) is 5.67. The Morgan fingerprint density at radius 3 is 2.77 bits per heavy atom. The van der Waals surface area contributed by atoms with Gasteiger partial charge in [-0.05, 0) is 31.4 Å². The van der Waals surface area contributed by atoms with Crippen LogP contribution in [0.5, 0.6) is 0 Å². The van der Waals surface area contributed by atoms with E-state index in [0.717, 1.165) is 17.7 Å². The van der Waals surface area contributed by atoms with Crippen molar-refractivity contribution in [2.45, 2.75) is 50.9 Å². The Balaban J connectivity index is 1.28. The number of nitrogens with one attached hydrogen (secondary N) is 2. The molecule has 5 amide bonds. The van der Waals surface area contributed by atoms with Crippen molar-refractivity contribution in [3.05, 3.63) is 41.2 Å². The highest BCUT2D eigenvalue weighted by atomic mass is 16.4. The third kappa shape index (κ3) is 4.09. The Labute approximate surface area is 199 Å².